The van der Waals surface area contributed by atoms with Gasteiger partial charge in [0.2, 0.25) is 0 Å². The third-order valence-corrected chi connectivity index (χ3v) is 7.74. The molecule has 0 spiro atoms. The lowest BCUT2D eigenvalue weighted by atomic mass is 9.78. The SMILES string of the molecule is C=C[C@H]1CC[C@H](c2ccc(-c3ccc(Oc4c(C)cc(P(=O)(O)O)cc4C)c(F)c3)cc2F)CC1. The molecule has 0 bridgehead atoms. The molecule has 1 aliphatic rings. The maximum Gasteiger partial charge on any atom is 0.356 e. The lowest BCUT2D eigenvalue weighted by Gasteiger charge is -2.27. The Labute approximate surface area is 204 Å². The molecular weight excluding hydrogens is 469 g/mol. The lowest BCUT2D eigenvalue weighted by molar-refractivity contribution is 0.369. The van der Waals surface area contributed by atoms with E-state index in [-0.39, 0.29) is 22.8 Å². The molecule has 0 radical (unpaired) electrons. The first kappa shape index (κ1) is 25.3. The van der Waals surface area contributed by atoms with E-state index in [4.69, 9.17) is 4.74 Å². The highest BCUT2D eigenvalue weighted by Gasteiger charge is 2.24. The summed E-state index contributed by atoms with van der Waals surface area (Å²) in [5.41, 5.74) is 2.77. The fraction of sp³-hybridized carbons (Fsp3) is 0.286. The first-order valence-corrected chi connectivity index (χ1v) is 13.2. The molecule has 0 atom stereocenters. The van der Waals surface area contributed by atoms with Gasteiger partial charge < -0.3 is 14.5 Å². The molecule has 1 aliphatic carbocycles. The second-order valence-electron chi connectivity index (χ2n) is 9.28. The van der Waals surface area contributed by atoms with Gasteiger partial charge in [0.15, 0.2) is 11.6 Å². The second-order valence-corrected chi connectivity index (χ2v) is 10.9. The average molecular weight is 499 g/mol. The standard InChI is InChI=1S/C28H29F2O4P/c1-4-19-5-7-20(8-6-19)24-11-9-21(15-25(24)29)22-10-12-27(26(30)16-22)34-28-17(2)13-23(14-18(28)3)35(31,32)33/h4,9-16,19-20H,1,5-8H2,2-3H3,(H2,31,32,33)/t19-,20-. The highest BCUT2D eigenvalue weighted by Crippen LogP contribution is 2.40. The summed E-state index contributed by atoms with van der Waals surface area (Å²) in [7, 11) is -4.41. The molecule has 2 N–H and O–H groups in total. The zero-order valence-electron chi connectivity index (χ0n) is 19.8. The summed E-state index contributed by atoms with van der Waals surface area (Å²) >= 11 is 0. The van der Waals surface area contributed by atoms with Crippen LogP contribution < -0.4 is 10.0 Å². The number of aryl methyl sites for hydroxylation is 2. The van der Waals surface area contributed by atoms with E-state index in [1.165, 1.54) is 30.3 Å². The van der Waals surface area contributed by atoms with Crippen LogP contribution in [0.2, 0.25) is 0 Å². The molecule has 0 aromatic heterocycles. The van der Waals surface area contributed by atoms with Crippen LogP contribution in [0, 0.1) is 31.4 Å². The zero-order valence-corrected chi connectivity index (χ0v) is 20.7. The van der Waals surface area contributed by atoms with Gasteiger partial charge in [0, 0.05) is 0 Å². The minimum Gasteiger partial charge on any atom is -0.454 e. The third kappa shape index (κ3) is 5.56. The van der Waals surface area contributed by atoms with Crippen molar-refractivity contribution in [3.63, 3.8) is 0 Å². The molecule has 1 saturated carbocycles. The van der Waals surface area contributed by atoms with E-state index in [1.807, 2.05) is 12.1 Å². The Morgan fingerprint density at radius 2 is 1.49 bits per heavy atom. The Morgan fingerprint density at radius 3 is 2.00 bits per heavy atom. The normalized spacial score (nSPS) is 18.3. The number of allylic oxidation sites excluding steroid dienone is 1. The number of hydrogen-bond acceptors (Lipinski definition) is 2. The molecule has 0 aliphatic heterocycles. The fourth-order valence-electron chi connectivity index (χ4n) is 4.83. The van der Waals surface area contributed by atoms with E-state index < -0.39 is 13.4 Å². The molecule has 4 rings (SSSR count). The molecule has 184 valence electrons. The maximum atomic E-state index is 15.0. The molecule has 0 heterocycles. The first-order chi connectivity index (χ1) is 16.6. The quantitative estimate of drug-likeness (QED) is 0.276. The number of halogens is 2. The van der Waals surface area contributed by atoms with Crippen LogP contribution in [0.3, 0.4) is 0 Å². The molecule has 0 unspecified atom stereocenters. The highest BCUT2D eigenvalue weighted by atomic mass is 31.2. The van der Waals surface area contributed by atoms with Crippen molar-refractivity contribution in [1.82, 2.24) is 0 Å². The van der Waals surface area contributed by atoms with Gasteiger partial charge in [-0.15, -0.1) is 6.58 Å². The molecule has 1 fully saturated rings. The second kappa shape index (κ2) is 10.1. The molecule has 35 heavy (non-hydrogen) atoms. The van der Waals surface area contributed by atoms with Gasteiger partial charge in [-0.25, -0.2) is 8.78 Å². The molecule has 3 aromatic carbocycles. The van der Waals surface area contributed by atoms with Gasteiger partial charge in [-0.3, -0.25) is 4.57 Å². The minimum atomic E-state index is -4.41. The van der Waals surface area contributed by atoms with Gasteiger partial charge in [-0.05, 0) is 110 Å². The summed E-state index contributed by atoms with van der Waals surface area (Å²) in [6, 6.07) is 12.2. The number of benzene rings is 3. The Morgan fingerprint density at radius 1 is 0.914 bits per heavy atom. The van der Waals surface area contributed by atoms with Crippen molar-refractivity contribution in [2.45, 2.75) is 45.4 Å². The summed E-state index contributed by atoms with van der Waals surface area (Å²) in [6.45, 7) is 7.14. The number of hydrogen-bond donors (Lipinski definition) is 2. The van der Waals surface area contributed by atoms with Crippen LogP contribution in [0.4, 0.5) is 8.78 Å². The van der Waals surface area contributed by atoms with Crippen molar-refractivity contribution >= 4 is 12.9 Å². The van der Waals surface area contributed by atoms with Crippen molar-refractivity contribution in [3.8, 4) is 22.6 Å². The van der Waals surface area contributed by atoms with E-state index in [0.717, 1.165) is 25.7 Å². The highest BCUT2D eigenvalue weighted by molar-refractivity contribution is 7.60. The summed E-state index contributed by atoms with van der Waals surface area (Å²) in [4.78, 5) is 18.8. The van der Waals surface area contributed by atoms with Crippen molar-refractivity contribution < 1.29 is 27.9 Å². The Kier molecular flexibility index (Phi) is 7.27. The zero-order chi connectivity index (χ0) is 25.3. The molecular formula is C28H29F2O4P. The summed E-state index contributed by atoms with van der Waals surface area (Å²) in [6.07, 6.45) is 5.88. The van der Waals surface area contributed by atoms with Gasteiger partial charge in [0.25, 0.3) is 0 Å². The van der Waals surface area contributed by atoms with Crippen molar-refractivity contribution in [2.75, 3.05) is 0 Å². The van der Waals surface area contributed by atoms with Crippen molar-refractivity contribution in [2.24, 2.45) is 5.92 Å². The number of rotatable bonds is 6. The molecule has 0 amide bonds. The summed E-state index contributed by atoms with van der Waals surface area (Å²) in [5, 5.41) is -0.116. The fourth-order valence-corrected chi connectivity index (χ4v) is 5.56. The molecule has 7 heteroatoms. The average Bonchev–Trinajstić information content (AvgIpc) is 2.81. The predicted octanol–water partition coefficient (Wildman–Crippen LogP) is 7.30. The van der Waals surface area contributed by atoms with E-state index >= 15 is 0 Å². The Hall–Kier alpha value is -2.79. The lowest BCUT2D eigenvalue weighted by Crippen LogP contribution is -2.12. The smallest absolute Gasteiger partial charge is 0.356 e. The summed E-state index contributed by atoms with van der Waals surface area (Å²) < 4.78 is 47.2. The van der Waals surface area contributed by atoms with E-state index in [2.05, 4.69) is 6.58 Å². The maximum absolute atomic E-state index is 15.0. The van der Waals surface area contributed by atoms with Crippen LogP contribution >= 0.6 is 7.60 Å². The molecule has 0 saturated heterocycles. The Balaban J connectivity index is 1.55. The van der Waals surface area contributed by atoms with Gasteiger partial charge in [-0.2, -0.15) is 0 Å². The van der Waals surface area contributed by atoms with E-state index in [1.54, 1.807) is 26.0 Å². The molecule has 4 nitrogen and oxygen atoms in total. The van der Waals surface area contributed by atoms with Crippen LogP contribution in [0.5, 0.6) is 11.5 Å². The first-order valence-electron chi connectivity index (χ1n) is 11.6. The van der Waals surface area contributed by atoms with Gasteiger partial charge in [-0.1, -0.05) is 24.3 Å². The van der Waals surface area contributed by atoms with Crippen LogP contribution in [-0.2, 0) is 4.57 Å². The number of ether oxygens (including phenoxy) is 1. The van der Waals surface area contributed by atoms with Gasteiger partial charge in [0.1, 0.15) is 11.6 Å². The van der Waals surface area contributed by atoms with Crippen molar-refractivity contribution in [1.29, 1.82) is 0 Å². The monoisotopic (exact) mass is 498 g/mol. The van der Waals surface area contributed by atoms with Gasteiger partial charge in [0.05, 0.1) is 5.30 Å². The van der Waals surface area contributed by atoms with Crippen LogP contribution in [0.1, 0.15) is 48.3 Å². The van der Waals surface area contributed by atoms with E-state index in [0.29, 0.717) is 39.5 Å². The summed E-state index contributed by atoms with van der Waals surface area (Å²) in [5.74, 6) is 0.106. The predicted molar refractivity (Wildman–Crippen MR) is 134 cm³/mol. The van der Waals surface area contributed by atoms with Crippen LogP contribution in [0.25, 0.3) is 11.1 Å². The molecule has 3 aromatic rings. The third-order valence-electron chi connectivity index (χ3n) is 6.80. The van der Waals surface area contributed by atoms with Crippen LogP contribution in [-0.4, -0.2) is 9.79 Å². The van der Waals surface area contributed by atoms with Crippen molar-refractivity contribution in [3.05, 3.63) is 89.5 Å². The Bertz CT molecular complexity index is 1280. The largest absolute Gasteiger partial charge is 0.454 e. The van der Waals surface area contributed by atoms with Gasteiger partial charge >= 0.3 is 7.60 Å². The topological polar surface area (TPSA) is 66.8 Å². The van der Waals surface area contributed by atoms with Crippen LogP contribution in [0.15, 0.2) is 61.2 Å². The van der Waals surface area contributed by atoms with E-state index in [9.17, 15) is 23.1 Å². The minimum absolute atomic E-state index is 0.0278.